The van der Waals surface area contributed by atoms with Gasteiger partial charge in [-0.05, 0) is 18.6 Å². The van der Waals surface area contributed by atoms with Crippen LogP contribution < -0.4 is 10.1 Å². The summed E-state index contributed by atoms with van der Waals surface area (Å²) in [6, 6.07) is 6.67. The van der Waals surface area contributed by atoms with Gasteiger partial charge >= 0.3 is 0 Å². The smallest absolute Gasteiger partial charge is 0.247 e. The average Bonchev–Trinajstić information content (AvgIpc) is 3.14. The third-order valence-electron chi connectivity index (χ3n) is 5.56. The number of hydrogen-bond acceptors (Lipinski definition) is 6. The number of nitrogens with zero attached hydrogens (tertiary/aromatic N) is 1. The topological polar surface area (TPSA) is 108 Å². The first kappa shape index (κ1) is 22.3. The Bertz CT molecular complexity index is 796. The van der Waals surface area contributed by atoms with Crippen molar-refractivity contribution >= 4 is 11.8 Å². The minimum Gasteiger partial charge on any atom is -0.486 e. The highest BCUT2D eigenvalue weighted by Gasteiger charge is 2.50. The normalized spacial score (nSPS) is 24.3. The second-order valence-electron chi connectivity index (χ2n) is 7.51. The van der Waals surface area contributed by atoms with Gasteiger partial charge in [-0.25, -0.2) is 0 Å². The summed E-state index contributed by atoms with van der Waals surface area (Å²) in [5.41, 5.74) is 1.26. The van der Waals surface area contributed by atoms with E-state index in [1.54, 1.807) is 18.1 Å². The molecule has 164 valence electrons. The number of rotatable bonds is 9. The van der Waals surface area contributed by atoms with Gasteiger partial charge in [0.05, 0.1) is 25.2 Å². The lowest BCUT2D eigenvalue weighted by atomic mass is 9.77. The molecule has 4 atom stereocenters. The lowest BCUT2D eigenvalue weighted by molar-refractivity contribution is -0.138. The Balaban J connectivity index is 2.01. The molecule has 8 heteroatoms. The number of ether oxygens (including phenoxy) is 2. The molecule has 2 amide bonds. The van der Waals surface area contributed by atoms with Gasteiger partial charge in [0.15, 0.2) is 0 Å². The van der Waals surface area contributed by atoms with Gasteiger partial charge in [-0.1, -0.05) is 25.1 Å². The zero-order valence-corrected chi connectivity index (χ0v) is 17.4. The summed E-state index contributed by atoms with van der Waals surface area (Å²) in [5, 5.41) is 23.0. The van der Waals surface area contributed by atoms with Gasteiger partial charge in [0, 0.05) is 37.8 Å². The number of hydrogen-bond donors (Lipinski definition) is 3. The van der Waals surface area contributed by atoms with Gasteiger partial charge in [0.25, 0.3) is 0 Å². The first-order valence-electron chi connectivity index (χ1n) is 10.4. The third kappa shape index (κ3) is 4.35. The molecule has 2 aliphatic rings. The number of carbonyl (C=O) groups is 2. The second-order valence-corrected chi connectivity index (χ2v) is 7.51. The van der Waals surface area contributed by atoms with Crippen LogP contribution in [0.25, 0.3) is 0 Å². The van der Waals surface area contributed by atoms with E-state index < -0.39 is 24.2 Å². The molecule has 0 spiro atoms. The summed E-state index contributed by atoms with van der Waals surface area (Å²) >= 11 is 0. The SMILES string of the molecule is CCCC(=O)N(CCOC)[C@@H]1C=C(C(=O)NCCO)[C@@H]2c3ccccc3O[C@@H]2[C@H]1O. The van der Waals surface area contributed by atoms with Gasteiger partial charge in [-0.3, -0.25) is 9.59 Å². The van der Waals surface area contributed by atoms with Crippen LogP contribution in [0.4, 0.5) is 0 Å². The molecule has 0 radical (unpaired) electrons. The number of fused-ring (bicyclic) bond motifs is 3. The van der Waals surface area contributed by atoms with Crippen molar-refractivity contribution in [3.05, 3.63) is 41.5 Å². The maximum absolute atomic E-state index is 12.9. The maximum atomic E-state index is 12.9. The number of aliphatic hydroxyl groups excluding tert-OH is 2. The van der Waals surface area contributed by atoms with Crippen molar-refractivity contribution in [2.24, 2.45) is 0 Å². The molecular weight excluding hydrogens is 388 g/mol. The van der Waals surface area contributed by atoms with E-state index in [0.717, 1.165) is 5.56 Å². The van der Waals surface area contributed by atoms with Gasteiger partial charge in [-0.2, -0.15) is 0 Å². The van der Waals surface area contributed by atoms with Crippen LogP contribution in [0.2, 0.25) is 0 Å². The summed E-state index contributed by atoms with van der Waals surface area (Å²) in [5.74, 6) is -0.280. The molecule has 8 nitrogen and oxygen atoms in total. The van der Waals surface area contributed by atoms with Crippen molar-refractivity contribution in [3.63, 3.8) is 0 Å². The molecule has 1 aromatic rings. The minimum atomic E-state index is -1.01. The first-order chi connectivity index (χ1) is 14.5. The number of para-hydroxylation sites is 1. The largest absolute Gasteiger partial charge is 0.486 e. The monoisotopic (exact) mass is 418 g/mol. The van der Waals surface area contributed by atoms with Gasteiger partial charge < -0.3 is 29.9 Å². The van der Waals surface area contributed by atoms with E-state index in [9.17, 15) is 14.7 Å². The van der Waals surface area contributed by atoms with Crippen LogP contribution in [-0.4, -0.2) is 78.6 Å². The number of amides is 2. The molecule has 0 aromatic heterocycles. The van der Waals surface area contributed by atoms with Crippen LogP contribution in [-0.2, 0) is 14.3 Å². The average molecular weight is 418 g/mol. The molecule has 0 saturated heterocycles. The molecular formula is C22H30N2O6. The van der Waals surface area contributed by atoms with E-state index >= 15 is 0 Å². The van der Waals surface area contributed by atoms with Crippen LogP contribution >= 0.6 is 0 Å². The van der Waals surface area contributed by atoms with Gasteiger partial charge in [0.2, 0.25) is 11.8 Å². The summed E-state index contributed by atoms with van der Waals surface area (Å²) < 4.78 is 11.2. The van der Waals surface area contributed by atoms with E-state index in [0.29, 0.717) is 37.3 Å². The second kappa shape index (κ2) is 10.1. The predicted octanol–water partition coefficient (Wildman–Crippen LogP) is 0.584. The van der Waals surface area contributed by atoms with E-state index in [1.807, 2.05) is 31.2 Å². The molecule has 3 N–H and O–H groups in total. The Morgan fingerprint density at radius 1 is 1.30 bits per heavy atom. The van der Waals surface area contributed by atoms with Crippen LogP contribution in [0, 0.1) is 0 Å². The fourth-order valence-corrected chi connectivity index (χ4v) is 4.18. The van der Waals surface area contributed by atoms with Crippen molar-refractivity contribution in [1.82, 2.24) is 10.2 Å². The molecule has 0 bridgehead atoms. The lowest BCUT2D eigenvalue weighted by Crippen LogP contribution is -2.56. The van der Waals surface area contributed by atoms with E-state index in [2.05, 4.69) is 5.32 Å². The Morgan fingerprint density at radius 2 is 2.07 bits per heavy atom. The van der Waals surface area contributed by atoms with Crippen molar-refractivity contribution in [2.45, 2.75) is 43.9 Å². The first-order valence-corrected chi connectivity index (χ1v) is 10.4. The minimum absolute atomic E-state index is 0.112. The van der Waals surface area contributed by atoms with Crippen molar-refractivity contribution in [2.75, 3.05) is 33.4 Å². The third-order valence-corrected chi connectivity index (χ3v) is 5.56. The fraction of sp³-hybridized carbons (Fsp3) is 0.545. The van der Waals surface area contributed by atoms with Gasteiger partial charge in [-0.15, -0.1) is 0 Å². The number of nitrogens with one attached hydrogen (secondary N) is 1. The summed E-state index contributed by atoms with van der Waals surface area (Å²) in [7, 11) is 1.55. The highest BCUT2D eigenvalue weighted by Crippen LogP contribution is 2.47. The number of benzene rings is 1. The molecule has 0 saturated carbocycles. The molecule has 1 heterocycles. The van der Waals surface area contributed by atoms with Crippen LogP contribution in [0.5, 0.6) is 5.75 Å². The lowest BCUT2D eigenvalue weighted by Gasteiger charge is -2.40. The number of carbonyl (C=O) groups excluding carboxylic acids is 2. The molecule has 1 aliphatic heterocycles. The fourth-order valence-electron chi connectivity index (χ4n) is 4.18. The van der Waals surface area contributed by atoms with E-state index in [1.165, 1.54) is 0 Å². The number of methoxy groups -OCH3 is 1. The van der Waals surface area contributed by atoms with Crippen molar-refractivity contribution in [3.8, 4) is 5.75 Å². The van der Waals surface area contributed by atoms with E-state index in [4.69, 9.17) is 14.6 Å². The Hall–Kier alpha value is -2.42. The molecule has 0 fully saturated rings. The molecule has 1 aliphatic carbocycles. The Kier molecular flexibility index (Phi) is 7.47. The van der Waals surface area contributed by atoms with Crippen LogP contribution in [0.1, 0.15) is 31.2 Å². The molecule has 3 rings (SSSR count). The van der Waals surface area contributed by atoms with Crippen LogP contribution in [0.15, 0.2) is 35.9 Å². The van der Waals surface area contributed by atoms with Gasteiger partial charge in [0.1, 0.15) is 18.0 Å². The summed E-state index contributed by atoms with van der Waals surface area (Å²) in [6.07, 6.45) is 0.989. The van der Waals surface area contributed by atoms with Crippen LogP contribution in [0.3, 0.4) is 0 Å². The zero-order valence-electron chi connectivity index (χ0n) is 17.4. The highest BCUT2D eigenvalue weighted by molar-refractivity contribution is 5.96. The Labute approximate surface area is 176 Å². The summed E-state index contributed by atoms with van der Waals surface area (Å²) in [4.78, 5) is 27.3. The summed E-state index contributed by atoms with van der Waals surface area (Å²) in [6.45, 7) is 2.46. The van der Waals surface area contributed by atoms with Crippen molar-refractivity contribution < 1.29 is 29.3 Å². The standard InChI is InChI=1S/C22H30N2O6/c1-3-6-18(26)24(10-12-29-2)16-13-15(22(28)23-9-11-25)19-14-7-4-5-8-17(14)30-21(19)20(16)27/h4-5,7-8,13,16,19-21,25,27H,3,6,9-12H2,1-2H3,(H,23,28)/t16-,19+,20+,21+/m1/s1. The zero-order chi connectivity index (χ0) is 21.7. The highest BCUT2D eigenvalue weighted by atomic mass is 16.5. The maximum Gasteiger partial charge on any atom is 0.247 e. The Morgan fingerprint density at radius 3 is 2.77 bits per heavy atom. The quantitative estimate of drug-likeness (QED) is 0.542. The predicted molar refractivity (Wildman–Crippen MR) is 110 cm³/mol. The van der Waals surface area contributed by atoms with Crippen molar-refractivity contribution in [1.29, 1.82) is 0 Å². The van der Waals surface area contributed by atoms with E-state index in [-0.39, 0.29) is 25.0 Å². The molecule has 0 unspecified atom stereocenters. The molecule has 1 aromatic carbocycles. The molecule has 30 heavy (non-hydrogen) atoms. The number of aliphatic hydroxyl groups is 2.